The highest BCUT2D eigenvalue weighted by molar-refractivity contribution is 5.99. The average molecular weight is 284 g/mol. The zero-order chi connectivity index (χ0) is 15.1. The van der Waals surface area contributed by atoms with Gasteiger partial charge in [-0.3, -0.25) is 9.59 Å². The van der Waals surface area contributed by atoms with Crippen LogP contribution in [-0.4, -0.2) is 23.5 Å². The lowest BCUT2D eigenvalue weighted by atomic mass is 10.2. The quantitative estimate of drug-likeness (QED) is 0.779. The van der Waals surface area contributed by atoms with Gasteiger partial charge in [0.05, 0.1) is 13.2 Å². The van der Waals surface area contributed by atoms with Gasteiger partial charge in [-0.05, 0) is 18.2 Å². The maximum atomic E-state index is 11.8. The monoisotopic (exact) mass is 284 g/mol. The van der Waals surface area contributed by atoms with Crippen molar-refractivity contribution in [1.29, 1.82) is 0 Å². The number of anilines is 1. The molecule has 0 spiro atoms. The van der Waals surface area contributed by atoms with Crippen molar-refractivity contribution in [3.8, 4) is 0 Å². The van der Waals surface area contributed by atoms with E-state index in [1.165, 1.54) is 0 Å². The number of hydrogen-bond donors (Lipinski definition) is 3. The molecule has 3 N–H and O–H groups in total. The fourth-order valence-corrected chi connectivity index (χ4v) is 1.83. The predicted molar refractivity (Wildman–Crippen MR) is 79.8 cm³/mol. The fourth-order valence-electron chi connectivity index (χ4n) is 1.83. The predicted octanol–water partition coefficient (Wildman–Crippen LogP) is 1.55. The molecule has 0 aliphatic carbocycles. The second-order valence-electron chi connectivity index (χ2n) is 4.41. The van der Waals surface area contributed by atoms with Crippen molar-refractivity contribution in [2.24, 2.45) is 0 Å². The molecule has 0 fully saturated rings. The van der Waals surface area contributed by atoms with Crippen LogP contribution in [0.1, 0.15) is 15.9 Å². The molecule has 0 saturated heterocycles. The Morgan fingerprint density at radius 3 is 2.33 bits per heavy atom. The Balaban J connectivity index is 1.89. The van der Waals surface area contributed by atoms with Crippen LogP contribution in [0.15, 0.2) is 54.6 Å². The van der Waals surface area contributed by atoms with E-state index in [-0.39, 0.29) is 25.0 Å². The van der Waals surface area contributed by atoms with E-state index in [2.05, 4.69) is 10.6 Å². The normalized spacial score (nSPS) is 9.95. The van der Waals surface area contributed by atoms with E-state index < -0.39 is 0 Å². The summed E-state index contributed by atoms with van der Waals surface area (Å²) in [6.45, 7) is -0.291. The Hall–Kier alpha value is -2.66. The topological polar surface area (TPSA) is 78.4 Å². The third-order valence-corrected chi connectivity index (χ3v) is 2.91. The number of carbonyl (C=O) groups excluding carboxylic acids is 2. The molecule has 0 saturated carbocycles. The van der Waals surface area contributed by atoms with Crippen molar-refractivity contribution in [3.63, 3.8) is 0 Å². The number of hydrogen-bond acceptors (Lipinski definition) is 3. The van der Waals surface area contributed by atoms with E-state index in [9.17, 15) is 14.7 Å². The fraction of sp³-hybridized carbons (Fsp3) is 0.125. The van der Waals surface area contributed by atoms with Gasteiger partial charge in [0, 0.05) is 16.8 Å². The number of para-hydroxylation sites is 1. The second kappa shape index (κ2) is 7.21. The molecule has 0 radical (unpaired) electrons. The lowest BCUT2D eigenvalue weighted by molar-refractivity contribution is -0.115. The van der Waals surface area contributed by atoms with Crippen LogP contribution in [0.25, 0.3) is 0 Å². The number of carbonyl (C=O) groups is 2. The Kier molecular flexibility index (Phi) is 5.06. The molecule has 21 heavy (non-hydrogen) atoms. The first-order valence-corrected chi connectivity index (χ1v) is 6.52. The van der Waals surface area contributed by atoms with E-state index in [0.717, 1.165) is 0 Å². The number of aliphatic hydroxyl groups excluding tert-OH is 1. The molecule has 2 aromatic rings. The number of nitrogens with one attached hydrogen (secondary N) is 2. The largest absolute Gasteiger partial charge is 0.392 e. The first-order valence-electron chi connectivity index (χ1n) is 6.52. The van der Waals surface area contributed by atoms with Crippen LogP contribution in [0.3, 0.4) is 0 Å². The standard InChI is InChI=1S/C16H16N2O3/c19-11-13-8-4-5-9-14(13)18-15(20)10-17-16(21)12-6-2-1-3-7-12/h1-9,19H,10-11H2,(H,17,21)(H,18,20). The maximum Gasteiger partial charge on any atom is 0.251 e. The molecule has 2 amide bonds. The Labute approximate surface area is 122 Å². The van der Waals surface area contributed by atoms with Crippen molar-refractivity contribution >= 4 is 17.5 Å². The summed E-state index contributed by atoms with van der Waals surface area (Å²) in [5, 5.41) is 14.4. The zero-order valence-electron chi connectivity index (χ0n) is 11.4. The van der Waals surface area contributed by atoms with Crippen LogP contribution < -0.4 is 10.6 Å². The van der Waals surface area contributed by atoms with Crippen molar-refractivity contribution in [2.45, 2.75) is 6.61 Å². The van der Waals surface area contributed by atoms with Gasteiger partial charge in [-0.2, -0.15) is 0 Å². The van der Waals surface area contributed by atoms with Gasteiger partial charge < -0.3 is 15.7 Å². The van der Waals surface area contributed by atoms with Crippen LogP contribution >= 0.6 is 0 Å². The zero-order valence-corrected chi connectivity index (χ0v) is 11.4. The van der Waals surface area contributed by atoms with E-state index in [0.29, 0.717) is 16.8 Å². The van der Waals surface area contributed by atoms with Gasteiger partial charge in [-0.15, -0.1) is 0 Å². The van der Waals surface area contributed by atoms with Gasteiger partial charge in [0.15, 0.2) is 0 Å². The van der Waals surface area contributed by atoms with Gasteiger partial charge in [0.25, 0.3) is 5.91 Å². The summed E-state index contributed by atoms with van der Waals surface area (Å²) in [6.07, 6.45) is 0. The first kappa shape index (κ1) is 14.7. The lowest BCUT2D eigenvalue weighted by Gasteiger charge is -2.10. The van der Waals surface area contributed by atoms with Gasteiger partial charge in [-0.25, -0.2) is 0 Å². The molecule has 108 valence electrons. The molecule has 2 aromatic carbocycles. The number of aliphatic hydroxyl groups is 1. The highest BCUT2D eigenvalue weighted by atomic mass is 16.3. The third kappa shape index (κ3) is 4.15. The summed E-state index contributed by atoms with van der Waals surface area (Å²) in [4.78, 5) is 23.6. The Morgan fingerprint density at radius 2 is 1.62 bits per heavy atom. The highest BCUT2D eigenvalue weighted by Crippen LogP contribution is 2.14. The third-order valence-electron chi connectivity index (χ3n) is 2.91. The molecular weight excluding hydrogens is 268 g/mol. The van der Waals surface area contributed by atoms with Gasteiger partial charge >= 0.3 is 0 Å². The number of rotatable bonds is 5. The molecule has 5 nitrogen and oxygen atoms in total. The minimum Gasteiger partial charge on any atom is -0.392 e. The molecule has 0 aliphatic heterocycles. The van der Waals surface area contributed by atoms with Crippen LogP contribution in [0.5, 0.6) is 0 Å². The highest BCUT2D eigenvalue weighted by Gasteiger charge is 2.09. The first-order chi connectivity index (χ1) is 10.2. The summed E-state index contributed by atoms with van der Waals surface area (Å²) in [7, 11) is 0. The molecule has 0 unspecified atom stereocenters. The lowest BCUT2D eigenvalue weighted by Crippen LogP contribution is -2.33. The van der Waals surface area contributed by atoms with Crippen LogP contribution in [0.4, 0.5) is 5.69 Å². The van der Waals surface area contributed by atoms with Crippen LogP contribution in [0.2, 0.25) is 0 Å². The molecule has 5 heteroatoms. The summed E-state index contributed by atoms with van der Waals surface area (Å²) < 4.78 is 0. The van der Waals surface area contributed by atoms with Crippen molar-refractivity contribution in [3.05, 3.63) is 65.7 Å². The van der Waals surface area contributed by atoms with Crippen molar-refractivity contribution < 1.29 is 14.7 Å². The SMILES string of the molecule is O=C(CNC(=O)c1ccccc1)Nc1ccccc1CO. The molecule has 2 rings (SSSR count). The number of amides is 2. The molecule has 0 heterocycles. The smallest absolute Gasteiger partial charge is 0.251 e. The molecule has 0 aliphatic rings. The summed E-state index contributed by atoms with van der Waals surface area (Å²) in [5.74, 6) is -0.652. The van der Waals surface area contributed by atoms with Crippen LogP contribution in [0, 0.1) is 0 Å². The Bertz CT molecular complexity index is 626. The van der Waals surface area contributed by atoms with Crippen molar-refractivity contribution in [2.75, 3.05) is 11.9 Å². The van der Waals surface area contributed by atoms with E-state index >= 15 is 0 Å². The van der Waals surface area contributed by atoms with Gasteiger partial charge in [0.1, 0.15) is 0 Å². The van der Waals surface area contributed by atoms with Gasteiger partial charge in [0.2, 0.25) is 5.91 Å². The van der Waals surface area contributed by atoms with Gasteiger partial charge in [-0.1, -0.05) is 36.4 Å². The van der Waals surface area contributed by atoms with E-state index in [4.69, 9.17) is 0 Å². The van der Waals surface area contributed by atoms with E-state index in [1.54, 1.807) is 48.5 Å². The molecule has 0 atom stereocenters. The maximum absolute atomic E-state index is 11.8. The minimum atomic E-state index is -0.347. The summed E-state index contributed by atoms with van der Waals surface area (Å²) in [5.41, 5.74) is 1.67. The summed E-state index contributed by atoms with van der Waals surface area (Å²) in [6, 6.07) is 15.6. The average Bonchev–Trinajstić information content (AvgIpc) is 2.54. The van der Waals surface area contributed by atoms with Crippen molar-refractivity contribution in [1.82, 2.24) is 5.32 Å². The second-order valence-corrected chi connectivity index (χ2v) is 4.41. The van der Waals surface area contributed by atoms with Crippen LogP contribution in [-0.2, 0) is 11.4 Å². The van der Waals surface area contributed by atoms with E-state index in [1.807, 2.05) is 6.07 Å². The molecule has 0 aromatic heterocycles. The Morgan fingerprint density at radius 1 is 0.952 bits per heavy atom. The molecule has 0 bridgehead atoms. The summed E-state index contributed by atoms with van der Waals surface area (Å²) >= 11 is 0. The minimum absolute atomic E-state index is 0.131. The number of benzene rings is 2. The molecular formula is C16H16N2O3.